The molecule has 1 aromatic rings. The SMILES string of the molecule is Cc1cc(=O)oc(C)c1C(=O)N1[C@@H]2CC[C@H]1CNC(=O)C2. The number of carbonyl (C=O) groups excluding carboxylic acids is 2. The summed E-state index contributed by atoms with van der Waals surface area (Å²) in [6, 6.07) is 1.30. The summed E-state index contributed by atoms with van der Waals surface area (Å²) in [4.78, 5) is 37.7. The van der Waals surface area contributed by atoms with Crippen molar-refractivity contribution >= 4 is 11.8 Å². The standard InChI is InChI=1S/C15H18N2O4/c1-8-5-13(19)21-9(2)14(8)15(20)17-10-3-4-11(17)7-16-12(18)6-10/h5,10-11H,3-4,6-7H2,1-2H3,(H,16,18)/t10-,11+/m1/s1. The van der Waals surface area contributed by atoms with E-state index in [0.29, 0.717) is 29.9 Å². The van der Waals surface area contributed by atoms with Crippen LogP contribution >= 0.6 is 0 Å². The zero-order valence-corrected chi connectivity index (χ0v) is 12.1. The number of amides is 2. The van der Waals surface area contributed by atoms with Crippen molar-refractivity contribution in [1.29, 1.82) is 0 Å². The maximum atomic E-state index is 12.9. The Morgan fingerprint density at radius 1 is 1.29 bits per heavy atom. The fourth-order valence-corrected chi connectivity index (χ4v) is 3.42. The van der Waals surface area contributed by atoms with Gasteiger partial charge in [0.2, 0.25) is 5.91 Å². The highest BCUT2D eigenvalue weighted by atomic mass is 16.4. The Balaban J connectivity index is 1.99. The minimum absolute atomic E-state index is 0.00645. The number of aryl methyl sites for hydroxylation is 2. The van der Waals surface area contributed by atoms with Gasteiger partial charge in [0.1, 0.15) is 5.76 Å². The van der Waals surface area contributed by atoms with Gasteiger partial charge in [-0.2, -0.15) is 0 Å². The van der Waals surface area contributed by atoms with Gasteiger partial charge in [0.05, 0.1) is 5.56 Å². The molecule has 3 heterocycles. The first-order chi connectivity index (χ1) is 9.97. The lowest BCUT2D eigenvalue weighted by atomic mass is 10.1. The Morgan fingerprint density at radius 2 is 2.00 bits per heavy atom. The van der Waals surface area contributed by atoms with Crippen molar-refractivity contribution in [1.82, 2.24) is 10.2 Å². The second-order valence-electron chi connectivity index (χ2n) is 5.79. The van der Waals surface area contributed by atoms with E-state index in [9.17, 15) is 14.4 Å². The third-order valence-corrected chi connectivity index (χ3v) is 4.36. The first kappa shape index (κ1) is 13.9. The second-order valence-corrected chi connectivity index (χ2v) is 5.79. The number of hydrogen-bond acceptors (Lipinski definition) is 4. The van der Waals surface area contributed by atoms with E-state index >= 15 is 0 Å². The van der Waals surface area contributed by atoms with Crippen molar-refractivity contribution < 1.29 is 14.0 Å². The molecule has 6 heteroatoms. The normalized spacial score (nSPS) is 24.7. The highest BCUT2D eigenvalue weighted by molar-refractivity contribution is 5.97. The molecule has 21 heavy (non-hydrogen) atoms. The summed E-state index contributed by atoms with van der Waals surface area (Å²) >= 11 is 0. The quantitative estimate of drug-likeness (QED) is 0.827. The van der Waals surface area contributed by atoms with Gasteiger partial charge >= 0.3 is 5.63 Å². The predicted molar refractivity (Wildman–Crippen MR) is 75.1 cm³/mol. The molecule has 112 valence electrons. The maximum absolute atomic E-state index is 12.9. The van der Waals surface area contributed by atoms with Crippen molar-refractivity contribution in [3.63, 3.8) is 0 Å². The van der Waals surface area contributed by atoms with Gasteiger partial charge in [-0.3, -0.25) is 9.59 Å². The lowest BCUT2D eigenvalue weighted by molar-refractivity contribution is -0.121. The van der Waals surface area contributed by atoms with Crippen LogP contribution in [0.1, 0.15) is 40.9 Å². The zero-order valence-electron chi connectivity index (χ0n) is 12.1. The largest absolute Gasteiger partial charge is 0.427 e. The van der Waals surface area contributed by atoms with Crippen LogP contribution in [-0.2, 0) is 4.79 Å². The van der Waals surface area contributed by atoms with Crippen LogP contribution in [0.2, 0.25) is 0 Å². The van der Waals surface area contributed by atoms with Gasteiger partial charge in [0.25, 0.3) is 5.91 Å². The van der Waals surface area contributed by atoms with Crippen molar-refractivity contribution in [3.05, 3.63) is 33.4 Å². The lowest BCUT2D eigenvalue weighted by Gasteiger charge is -2.28. The molecule has 0 spiro atoms. The highest BCUT2D eigenvalue weighted by Crippen LogP contribution is 2.30. The summed E-state index contributed by atoms with van der Waals surface area (Å²) in [5.41, 5.74) is 0.620. The fraction of sp³-hybridized carbons (Fsp3) is 0.533. The van der Waals surface area contributed by atoms with E-state index in [1.807, 2.05) is 0 Å². The molecule has 2 aliphatic rings. The zero-order chi connectivity index (χ0) is 15.1. The van der Waals surface area contributed by atoms with Gasteiger partial charge in [-0.25, -0.2) is 4.79 Å². The number of fused-ring (bicyclic) bond motifs is 2. The van der Waals surface area contributed by atoms with E-state index in [1.54, 1.807) is 18.7 Å². The van der Waals surface area contributed by atoms with Crippen LogP contribution in [0.4, 0.5) is 0 Å². The van der Waals surface area contributed by atoms with Gasteiger partial charge in [-0.15, -0.1) is 0 Å². The molecular weight excluding hydrogens is 272 g/mol. The van der Waals surface area contributed by atoms with E-state index in [4.69, 9.17) is 4.42 Å². The van der Waals surface area contributed by atoms with Gasteiger partial charge in [0, 0.05) is 31.1 Å². The third-order valence-electron chi connectivity index (χ3n) is 4.36. The second kappa shape index (κ2) is 5.02. The molecule has 0 aromatic carbocycles. The summed E-state index contributed by atoms with van der Waals surface area (Å²) < 4.78 is 5.06. The Bertz CT molecular complexity index is 638. The molecule has 2 bridgehead atoms. The Morgan fingerprint density at radius 3 is 2.71 bits per heavy atom. The average Bonchev–Trinajstić information content (AvgIpc) is 2.68. The average molecular weight is 290 g/mol. The summed E-state index contributed by atoms with van der Waals surface area (Å²) in [6.45, 7) is 3.86. The molecule has 0 radical (unpaired) electrons. The first-order valence-corrected chi connectivity index (χ1v) is 7.18. The molecule has 2 fully saturated rings. The summed E-state index contributed by atoms with van der Waals surface area (Å²) in [7, 11) is 0. The van der Waals surface area contributed by atoms with Crippen molar-refractivity contribution in [2.45, 2.75) is 45.2 Å². The minimum atomic E-state index is -0.447. The number of rotatable bonds is 1. The molecule has 2 saturated heterocycles. The molecular formula is C15H18N2O4. The van der Waals surface area contributed by atoms with E-state index in [2.05, 4.69) is 5.32 Å². The molecule has 6 nitrogen and oxygen atoms in total. The maximum Gasteiger partial charge on any atom is 0.336 e. The topological polar surface area (TPSA) is 79.6 Å². The molecule has 0 aliphatic carbocycles. The predicted octanol–water partition coefficient (Wildman–Crippen LogP) is 0.750. The first-order valence-electron chi connectivity index (χ1n) is 7.18. The third kappa shape index (κ3) is 2.34. The van der Waals surface area contributed by atoms with E-state index in [0.717, 1.165) is 12.8 Å². The number of nitrogens with zero attached hydrogens (tertiary/aromatic N) is 1. The van der Waals surface area contributed by atoms with E-state index in [-0.39, 0.29) is 23.9 Å². The summed E-state index contributed by atoms with van der Waals surface area (Å²) in [5, 5.41) is 2.84. The van der Waals surface area contributed by atoms with Gasteiger partial charge in [0.15, 0.2) is 0 Å². The van der Waals surface area contributed by atoms with Crippen LogP contribution in [0, 0.1) is 13.8 Å². The Labute approximate surface area is 122 Å². The highest BCUT2D eigenvalue weighted by Gasteiger charge is 2.41. The summed E-state index contributed by atoms with van der Waals surface area (Å²) in [6.07, 6.45) is 2.08. The minimum Gasteiger partial charge on any atom is -0.427 e. The van der Waals surface area contributed by atoms with Gasteiger partial charge in [-0.1, -0.05) is 0 Å². The molecule has 0 saturated carbocycles. The Hall–Kier alpha value is -2.11. The van der Waals surface area contributed by atoms with Crippen LogP contribution in [0.15, 0.2) is 15.3 Å². The number of hydrogen-bond donors (Lipinski definition) is 1. The van der Waals surface area contributed by atoms with Crippen molar-refractivity contribution in [3.8, 4) is 0 Å². The molecule has 3 rings (SSSR count). The van der Waals surface area contributed by atoms with Crippen molar-refractivity contribution in [2.24, 2.45) is 0 Å². The van der Waals surface area contributed by atoms with Crippen molar-refractivity contribution in [2.75, 3.05) is 6.54 Å². The van der Waals surface area contributed by atoms with E-state index < -0.39 is 5.63 Å². The molecule has 2 amide bonds. The Kier molecular flexibility index (Phi) is 3.31. The molecule has 0 unspecified atom stereocenters. The number of nitrogens with one attached hydrogen (secondary N) is 1. The van der Waals surface area contributed by atoms with E-state index in [1.165, 1.54) is 6.07 Å². The molecule has 2 aliphatic heterocycles. The molecule has 1 aromatic heterocycles. The smallest absolute Gasteiger partial charge is 0.336 e. The molecule has 1 N–H and O–H groups in total. The fourth-order valence-electron chi connectivity index (χ4n) is 3.42. The van der Waals surface area contributed by atoms with Crippen LogP contribution in [0.25, 0.3) is 0 Å². The number of carbonyl (C=O) groups is 2. The van der Waals surface area contributed by atoms with Crippen LogP contribution in [-0.4, -0.2) is 35.3 Å². The van der Waals surface area contributed by atoms with Crippen LogP contribution < -0.4 is 10.9 Å². The summed E-state index contributed by atoms with van der Waals surface area (Å²) in [5.74, 6) is 0.193. The monoisotopic (exact) mass is 290 g/mol. The lowest BCUT2D eigenvalue weighted by Crippen LogP contribution is -2.43. The van der Waals surface area contributed by atoms with Crippen LogP contribution in [0.5, 0.6) is 0 Å². The van der Waals surface area contributed by atoms with Crippen LogP contribution in [0.3, 0.4) is 0 Å². The van der Waals surface area contributed by atoms with Gasteiger partial charge in [-0.05, 0) is 32.3 Å². The van der Waals surface area contributed by atoms with Gasteiger partial charge < -0.3 is 14.6 Å². The molecule has 2 atom stereocenters.